The summed E-state index contributed by atoms with van der Waals surface area (Å²) in [5.41, 5.74) is 4.92. The smallest absolute Gasteiger partial charge is 0.332 e. The van der Waals surface area contributed by atoms with Crippen molar-refractivity contribution in [1.82, 2.24) is 19.3 Å². The second-order valence-electron chi connectivity index (χ2n) is 5.36. The van der Waals surface area contributed by atoms with E-state index in [-0.39, 0.29) is 17.1 Å². The van der Waals surface area contributed by atoms with Crippen LogP contribution in [0.3, 0.4) is 0 Å². The summed E-state index contributed by atoms with van der Waals surface area (Å²) in [5, 5.41) is 19.2. The molecule has 3 aromatic rings. The van der Waals surface area contributed by atoms with Gasteiger partial charge >= 0.3 is 5.69 Å². The third-order valence-electron chi connectivity index (χ3n) is 3.84. The lowest BCUT2D eigenvalue weighted by Gasteiger charge is -2.13. The number of anilines is 2. The Bertz CT molecular complexity index is 1180. The first-order chi connectivity index (χ1) is 11.8. The van der Waals surface area contributed by atoms with Gasteiger partial charge in [0.05, 0.1) is 5.52 Å². The van der Waals surface area contributed by atoms with Crippen LogP contribution in [-0.2, 0) is 14.1 Å². The summed E-state index contributed by atoms with van der Waals surface area (Å²) in [6.07, 6.45) is 0. The number of nitriles is 1. The third-order valence-corrected chi connectivity index (χ3v) is 3.84. The van der Waals surface area contributed by atoms with Gasteiger partial charge in [-0.15, -0.1) is 0 Å². The van der Waals surface area contributed by atoms with E-state index in [0.29, 0.717) is 16.6 Å². The van der Waals surface area contributed by atoms with Crippen LogP contribution in [0.4, 0.5) is 11.5 Å². The number of H-pyrrole nitrogens is 1. The number of nitrogens with two attached hydrogens (primary N) is 1. The highest BCUT2D eigenvalue weighted by molar-refractivity contribution is 6.04. The highest BCUT2D eigenvalue weighted by atomic mass is 16.2. The van der Waals surface area contributed by atoms with Gasteiger partial charge in [0.15, 0.2) is 11.3 Å². The van der Waals surface area contributed by atoms with Crippen LogP contribution in [0.1, 0.15) is 16.1 Å². The molecule has 10 heteroatoms. The molecule has 0 aliphatic rings. The summed E-state index contributed by atoms with van der Waals surface area (Å²) < 4.78 is 2.02. The molecule has 3 rings (SSSR count). The van der Waals surface area contributed by atoms with Gasteiger partial charge in [-0.1, -0.05) is 0 Å². The van der Waals surface area contributed by atoms with Crippen LogP contribution in [0.2, 0.25) is 0 Å². The quantitative estimate of drug-likeness (QED) is 0.594. The SMILES string of the molecule is Cn1c(Nc2ccc3[nH]nc(C(N)=O)c3c2)c(C#N)c(=O)n(C)c1=O. The van der Waals surface area contributed by atoms with E-state index >= 15 is 0 Å². The maximum absolute atomic E-state index is 12.1. The molecule has 1 aromatic carbocycles. The van der Waals surface area contributed by atoms with Crippen molar-refractivity contribution < 1.29 is 4.79 Å². The number of hydrogen-bond donors (Lipinski definition) is 3. The molecular weight excluding hydrogens is 326 g/mol. The highest BCUT2D eigenvalue weighted by Crippen LogP contribution is 2.23. The number of fused-ring (bicyclic) bond motifs is 1. The molecule has 0 radical (unpaired) electrons. The Morgan fingerprint density at radius 2 is 2.04 bits per heavy atom. The second kappa shape index (κ2) is 5.64. The van der Waals surface area contributed by atoms with Crippen LogP contribution in [-0.4, -0.2) is 25.2 Å². The molecule has 0 aliphatic carbocycles. The molecule has 0 atom stereocenters. The zero-order chi connectivity index (χ0) is 18.3. The molecule has 0 fully saturated rings. The van der Waals surface area contributed by atoms with Crippen LogP contribution >= 0.6 is 0 Å². The summed E-state index contributed by atoms with van der Waals surface area (Å²) >= 11 is 0. The number of hydrogen-bond acceptors (Lipinski definition) is 6. The Labute approximate surface area is 140 Å². The van der Waals surface area contributed by atoms with Crippen LogP contribution in [0.25, 0.3) is 10.9 Å². The normalized spacial score (nSPS) is 10.6. The number of carbonyl (C=O) groups excluding carboxylic acids is 1. The van der Waals surface area contributed by atoms with Crippen molar-refractivity contribution in [3.05, 3.63) is 50.3 Å². The fraction of sp³-hybridized carbons (Fsp3) is 0.133. The van der Waals surface area contributed by atoms with Crippen molar-refractivity contribution in [2.75, 3.05) is 5.32 Å². The molecule has 0 unspecified atom stereocenters. The number of rotatable bonds is 3. The molecular formula is C15H13N7O3. The zero-order valence-electron chi connectivity index (χ0n) is 13.3. The number of nitrogens with one attached hydrogen (secondary N) is 2. The minimum absolute atomic E-state index is 0.0547. The Morgan fingerprint density at radius 3 is 2.68 bits per heavy atom. The van der Waals surface area contributed by atoms with Gasteiger partial charge in [0.25, 0.3) is 11.5 Å². The summed E-state index contributed by atoms with van der Waals surface area (Å²) in [5.74, 6) is -0.638. The second-order valence-corrected chi connectivity index (χ2v) is 5.36. The van der Waals surface area contributed by atoms with E-state index in [4.69, 9.17) is 5.73 Å². The largest absolute Gasteiger partial charge is 0.364 e. The standard InChI is InChI=1S/C15H13N7O3/c1-21-13(9(6-16)14(24)22(2)15(21)25)18-7-3-4-10-8(5-7)11(12(17)23)20-19-10/h3-5,18H,1-2H3,(H2,17,23)(H,19,20). The third kappa shape index (κ3) is 2.43. The van der Waals surface area contributed by atoms with Crippen molar-refractivity contribution in [3.63, 3.8) is 0 Å². The van der Waals surface area contributed by atoms with Crippen molar-refractivity contribution >= 4 is 28.3 Å². The lowest BCUT2D eigenvalue weighted by molar-refractivity contribution is 0.0997. The Hall–Kier alpha value is -3.87. The fourth-order valence-electron chi connectivity index (χ4n) is 2.51. The number of aromatic nitrogens is 4. The monoisotopic (exact) mass is 339 g/mol. The van der Waals surface area contributed by atoms with E-state index in [2.05, 4.69) is 15.5 Å². The van der Waals surface area contributed by atoms with Crippen molar-refractivity contribution in [3.8, 4) is 6.07 Å². The van der Waals surface area contributed by atoms with Gasteiger partial charge in [0, 0.05) is 25.2 Å². The van der Waals surface area contributed by atoms with Gasteiger partial charge < -0.3 is 11.1 Å². The average Bonchev–Trinajstić information content (AvgIpc) is 3.01. The molecule has 126 valence electrons. The Morgan fingerprint density at radius 1 is 1.32 bits per heavy atom. The van der Waals surface area contributed by atoms with E-state index in [9.17, 15) is 19.6 Å². The van der Waals surface area contributed by atoms with Gasteiger partial charge in [-0.3, -0.25) is 23.8 Å². The fourth-order valence-corrected chi connectivity index (χ4v) is 2.51. The molecule has 0 spiro atoms. The molecule has 0 saturated carbocycles. The minimum Gasteiger partial charge on any atom is -0.364 e. The predicted octanol–water partition coefficient (Wildman–Crippen LogP) is -0.326. The number of benzene rings is 1. The highest BCUT2D eigenvalue weighted by Gasteiger charge is 2.17. The molecule has 0 saturated heterocycles. The predicted molar refractivity (Wildman–Crippen MR) is 89.5 cm³/mol. The molecule has 1 amide bonds. The van der Waals surface area contributed by atoms with Crippen LogP contribution < -0.4 is 22.3 Å². The Balaban J connectivity index is 2.19. The van der Waals surface area contributed by atoms with E-state index in [0.717, 1.165) is 9.13 Å². The average molecular weight is 339 g/mol. The first kappa shape index (κ1) is 16.0. The molecule has 0 bridgehead atoms. The zero-order valence-corrected chi connectivity index (χ0v) is 13.3. The molecule has 25 heavy (non-hydrogen) atoms. The Kier molecular flexibility index (Phi) is 3.61. The van der Waals surface area contributed by atoms with E-state index < -0.39 is 17.2 Å². The summed E-state index contributed by atoms with van der Waals surface area (Å²) in [4.78, 5) is 35.6. The molecule has 4 N–H and O–H groups in total. The van der Waals surface area contributed by atoms with Gasteiger partial charge in [0.2, 0.25) is 0 Å². The van der Waals surface area contributed by atoms with Crippen LogP contribution in [0.15, 0.2) is 27.8 Å². The minimum atomic E-state index is -0.699. The number of aromatic amines is 1. The topological polar surface area (TPSA) is 152 Å². The van der Waals surface area contributed by atoms with Gasteiger partial charge in [-0.05, 0) is 18.2 Å². The molecule has 2 aromatic heterocycles. The van der Waals surface area contributed by atoms with Gasteiger partial charge in [0.1, 0.15) is 11.9 Å². The summed E-state index contributed by atoms with van der Waals surface area (Å²) in [6, 6.07) is 6.69. The van der Waals surface area contributed by atoms with Crippen molar-refractivity contribution in [1.29, 1.82) is 5.26 Å². The summed E-state index contributed by atoms with van der Waals surface area (Å²) in [6.45, 7) is 0. The van der Waals surface area contributed by atoms with E-state index in [1.807, 2.05) is 0 Å². The van der Waals surface area contributed by atoms with E-state index in [1.165, 1.54) is 14.1 Å². The maximum Gasteiger partial charge on any atom is 0.332 e. The number of carbonyl (C=O) groups is 1. The lowest BCUT2D eigenvalue weighted by atomic mass is 10.1. The van der Waals surface area contributed by atoms with Crippen LogP contribution in [0, 0.1) is 11.3 Å². The number of nitrogens with zero attached hydrogens (tertiary/aromatic N) is 4. The van der Waals surface area contributed by atoms with Crippen molar-refractivity contribution in [2.24, 2.45) is 19.8 Å². The number of primary amides is 1. The lowest BCUT2D eigenvalue weighted by Crippen LogP contribution is -2.39. The maximum atomic E-state index is 12.1. The van der Waals surface area contributed by atoms with Crippen LogP contribution in [0.5, 0.6) is 0 Å². The van der Waals surface area contributed by atoms with Gasteiger partial charge in [-0.2, -0.15) is 10.4 Å². The van der Waals surface area contributed by atoms with Gasteiger partial charge in [-0.25, -0.2) is 4.79 Å². The summed E-state index contributed by atoms with van der Waals surface area (Å²) in [7, 11) is 2.74. The first-order valence-electron chi connectivity index (χ1n) is 7.10. The molecule has 2 heterocycles. The first-order valence-corrected chi connectivity index (χ1v) is 7.10. The van der Waals surface area contributed by atoms with E-state index in [1.54, 1.807) is 24.3 Å². The molecule has 0 aliphatic heterocycles. The molecule has 10 nitrogen and oxygen atoms in total. The van der Waals surface area contributed by atoms with Crippen molar-refractivity contribution in [2.45, 2.75) is 0 Å². The number of amides is 1.